The molecule has 0 aliphatic carbocycles. The van der Waals surface area contributed by atoms with Crippen LogP contribution in [-0.4, -0.2) is 30.7 Å². The summed E-state index contributed by atoms with van der Waals surface area (Å²) in [5.74, 6) is 0.0418. The molecule has 0 aromatic heterocycles. The van der Waals surface area contributed by atoms with Crippen molar-refractivity contribution in [3.63, 3.8) is 0 Å². The van der Waals surface area contributed by atoms with Crippen molar-refractivity contribution in [1.29, 1.82) is 0 Å². The maximum Gasteiger partial charge on any atom is 0.262 e. The second kappa shape index (κ2) is 13.8. The molecule has 3 aromatic carbocycles. The highest BCUT2D eigenvalue weighted by Gasteiger charge is 2.25. The Labute approximate surface area is 233 Å². The topological polar surface area (TPSA) is 89.0 Å². The first kappa shape index (κ1) is 29.0. The summed E-state index contributed by atoms with van der Waals surface area (Å²) >= 11 is 12.0. The van der Waals surface area contributed by atoms with Crippen molar-refractivity contribution in [1.82, 2.24) is 10.7 Å². The zero-order valence-corrected chi connectivity index (χ0v) is 23.3. The van der Waals surface area contributed by atoms with E-state index in [4.69, 9.17) is 32.7 Å². The molecule has 0 fully saturated rings. The third-order valence-corrected chi connectivity index (χ3v) is 6.09. The summed E-state index contributed by atoms with van der Waals surface area (Å²) < 4.78 is 11.7. The molecular formula is C29H31Cl2N3O4. The number of nitrogens with zero attached hydrogens (tertiary/aromatic N) is 1. The van der Waals surface area contributed by atoms with E-state index in [2.05, 4.69) is 21.9 Å². The Bertz CT molecular complexity index is 1310. The average molecular weight is 556 g/mol. The van der Waals surface area contributed by atoms with Gasteiger partial charge in [0.2, 0.25) is 0 Å². The van der Waals surface area contributed by atoms with Gasteiger partial charge in [-0.1, -0.05) is 66.9 Å². The van der Waals surface area contributed by atoms with Crippen molar-refractivity contribution >= 4 is 41.2 Å². The van der Waals surface area contributed by atoms with Crippen LogP contribution in [0.1, 0.15) is 47.8 Å². The van der Waals surface area contributed by atoms with Gasteiger partial charge in [0.25, 0.3) is 11.8 Å². The van der Waals surface area contributed by atoms with Crippen LogP contribution in [0, 0.1) is 12.8 Å². The zero-order chi connectivity index (χ0) is 27.7. The molecule has 200 valence electrons. The van der Waals surface area contributed by atoms with Crippen LogP contribution < -0.4 is 20.2 Å². The molecule has 0 saturated carbocycles. The molecule has 3 aromatic rings. The SMILES string of the molecule is CCOc1cc(/C=N\NC(=O)C(NC(=O)c2ccc(Cl)cc2Cl)C(C)C)ccc1OCc1cccc(C)c1. The van der Waals surface area contributed by atoms with Gasteiger partial charge in [-0.15, -0.1) is 0 Å². The van der Waals surface area contributed by atoms with E-state index < -0.39 is 17.9 Å². The second-order valence-electron chi connectivity index (χ2n) is 8.97. The number of hydrogen-bond acceptors (Lipinski definition) is 5. The van der Waals surface area contributed by atoms with Crippen LogP contribution in [0.15, 0.2) is 65.8 Å². The van der Waals surface area contributed by atoms with Crippen LogP contribution in [-0.2, 0) is 11.4 Å². The Morgan fingerprint density at radius 2 is 1.79 bits per heavy atom. The summed E-state index contributed by atoms with van der Waals surface area (Å²) in [4.78, 5) is 25.5. The quantitative estimate of drug-likeness (QED) is 0.218. The highest BCUT2D eigenvalue weighted by molar-refractivity contribution is 6.36. The van der Waals surface area contributed by atoms with Crippen LogP contribution in [0.2, 0.25) is 10.0 Å². The number of nitrogens with one attached hydrogen (secondary N) is 2. The maximum atomic E-state index is 12.8. The van der Waals surface area contributed by atoms with E-state index >= 15 is 0 Å². The molecule has 0 radical (unpaired) electrons. The van der Waals surface area contributed by atoms with Crippen LogP contribution in [0.5, 0.6) is 11.5 Å². The lowest BCUT2D eigenvalue weighted by molar-refractivity contribution is -0.123. The molecule has 0 heterocycles. The number of hydrogen-bond donors (Lipinski definition) is 2. The number of hydrazone groups is 1. The van der Waals surface area contributed by atoms with Gasteiger partial charge in [0, 0.05) is 5.02 Å². The molecule has 0 spiro atoms. The number of ether oxygens (including phenoxy) is 2. The lowest BCUT2D eigenvalue weighted by Gasteiger charge is -2.20. The maximum absolute atomic E-state index is 12.8. The minimum atomic E-state index is -0.831. The van der Waals surface area contributed by atoms with Gasteiger partial charge in [-0.05, 0) is 67.3 Å². The van der Waals surface area contributed by atoms with Crippen molar-refractivity contribution in [2.24, 2.45) is 11.0 Å². The Morgan fingerprint density at radius 3 is 2.47 bits per heavy atom. The number of rotatable bonds is 11. The Morgan fingerprint density at radius 1 is 1.00 bits per heavy atom. The molecule has 0 saturated heterocycles. The standard InChI is InChI=1S/C29H31Cl2N3O4/c1-5-37-26-14-20(9-12-25(26)38-17-21-8-6-7-19(4)13-21)16-32-34-29(36)27(18(2)3)33-28(35)23-11-10-22(30)15-24(23)31/h6-16,18,27H,5,17H2,1-4H3,(H,33,35)(H,34,36)/b32-16-. The predicted molar refractivity (Wildman–Crippen MR) is 151 cm³/mol. The normalized spacial score (nSPS) is 11.9. The largest absolute Gasteiger partial charge is 0.490 e. The van der Waals surface area contributed by atoms with Crippen molar-refractivity contribution in [2.45, 2.75) is 40.3 Å². The molecule has 9 heteroatoms. The molecule has 3 rings (SSSR count). The van der Waals surface area contributed by atoms with E-state index in [1.165, 1.54) is 18.3 Å². The molecule has 0 aliphatic heterocycles. The highest BCUT2D eigenvalue weighted by Crippen LogP contribution is 2.29. The second-order valence-corrected chi connectivity index (χ2v) is 9.81. The Kier molecular flexibility index (Phi) is 10.6. The van der Waals surface area contributed by atoms with Crippen molar-refractivity contribution in [2.75, 3.05) is 6.61 Å². The van der Waals surface area contributed by atoms with Crippen molar-refractivity contribution < 1.29 is 19.1 Å². The van der Waals surface area contributed by atoms with Crippen LogP contribution >= 0.6 is 23.2 Å². The summed E-state index contributed by atoms with van der Waals surface area (Å²) in [5.41, 5.74) is 5.66. The summed E-state index contributed by atoms with van der Waals surface area (Å²) in [5, 5.41) is 7.40. The number of aryl methyl sites for hydroxylation is 1. The van der Waals surface area contributed by atoms with E-state index in [0.717, 1.165) is 11.1 Å². The third kappa shape index (κ3) is 8.23. The van der Waals surface area contributed by atoms with E-state index in [9.17, 15) is 9.59 Å². The Hall–Kier alpha value is -3.55. The van der Waals surface area contributed by atoms with Crippen molar-refractivity contribution in [3.8, 4) is 11.5 Å². The molecule has 0 aliphatic rings. The number of benzene rings is 3. The van der Waals surface area contributed by atoms with Crippen LogP contribution in [0.25, 0.3) is 0 Å². The first-order valence-electron chi connectivity index (χ1n) is 12.2. The smallest absolute Gasteiger partial charge is 0.262 e. The number of halogens is 2. The van der Waals surface area contributed by atoms with Crippen LogP contribution in [0.3, 0.4) is 0 Å². The van der Waals surface area contributed by atoms with Gasteiger partial charge in [0.05, 0.1) is 23.4 Å². The molecule has 0 bridgehead atoms. The number of carbonyl (C=O) groups excluding carboxylic acids is 2. The molecule has 38 heavy (non-hydrogen) atoms. The average Bonchev–Trinajstić information content (AvgIpc) is 2.86. The van der Waals surface area contributed by atoms with Gasteiger partial charge in [-0.2, -0.15) is 5.10 Å². The van der Waals surface area contributed by atoms with Gasteiger partial charge < -0.3 is 14.8 Å². The third-order valence-electron chi connectivity index (χ3n) is 5.54. The van der Waals surface area contributed by atoms with Crippen LogP contribution in [0.4, 0.5) is 0 Å². The van der Waals surface area contributed by atoms with Gasteiger partial charge in [0.1, 0.15) is 12.6 Å². The molecule has 2 N–H and O–H groups in total. The van der Waals surface area contributed by atoms with E-state index in [1.807, 2.05) is 52.0 Å². The minimum absolute atomic E-state index is 0.199. The van der Waals surface area contributed by atoms with E-state index in [-0.39, 0.29) is 16.5 Å². The number of amides is 2. The Balaban J connectivity index is 1.65. The first-order chi connectivity index (χ1) is 18.2. The molecular weight excluding hydrogens is 525 g/mol. The molecule has 7 nitrogen and oxygen atoms in total. The lowest BCUT2D eigenvalue weighted by atomic mass is 10.0. The fourth-order valence-corrected chi connectivity index (χ4v) is 4.12. The summed E-state index contributed by atoms with van der Waals surface area (Å²) in [6.07, 6.45) is 1.50. The van der Waals surface area contributed by atoms with E-state index in [1.54, 1.807) is 18.2 Å². The summed E-state index contributed by atoms with van der Waals surface area (Å²) in [7, 11) is 0. The number of carbonyl (C=O) groups is 2. The molecule has 1 unspecified atom stereocenters. The predicted octanol–water partition coefficient (Wildman–Crippen LogP) is 6.18. The monoisotopic (exact) mass is 555 g/mol. The fraction of sp³-hybridized carbons (Fsp3) is 0.276. The zero-order valence-electron chi connectivity index (χ0n) is 21.8. The van der Waals surface area contributed by atoms with Crippen molar-refractivity contribution in [3.05, 3.63) is 93.0 Å². The van der Waals surface area contributed by atoms with E-state index in [0.29, 0.717) is 35.3 Å². The van der Waals surface area contributed by atoms with Gasteiger partial charge in [0.15, 0.2) is 11.5 Å². The van der Waals surface area contributed by atoms with Gasteiger partial charge in [-0.3, -0.25) is 9.59 Å². The fourth-order valence-electron chi connectivity index (χ4n) is 3.62. The molecule has 1 atom stereocenters. The summed E-state index contributed by atoms with van der Waals surface area (Å²) in [6.45, 7) is 8.45. The lowest BCUT2D eigenvalue weighted by Crippen LogP contribution is -2.48. The molecule has 2 amide bonds. The highest BCUT2D eigenvalue weighted by atomic mass is 35.5. The van der Waals surface area contributed by atoms with Gasteiger partial charge >= 0.3 is 0 Å². The van der Waals surface area contributed by atoms with Gasteiger partial charge in [-0.25, -0.2) is 5.43 Å². The first-order valence-corrected chi connectivity index (χ1v) is 13.0. The summed E-state index contributed by atoms with van der Waals surface area (Å²) in [6, 6.07) is 17.2. The minimum Gasteiger partial charge on any atom is -0.490 e.